The normalized spacial score (nSPS) is 17.2. The Balaban J connectivity index is 0.000000572. The largest absolute Gasteiger partial charge is 0.493 e. The number of hydrogen-bond acceptors (Lipinski definition) is 7. The number of carbonyl (C=O) groups is 2. The number of sulfonamides is 1. The molecular weight excluding hydrogens is 507 g/mol. The van der Waals surface area contributed by atoms with Gasteiger partial charge in [-0.3, -0.25) is 4.79 Å². The first-order valence-electron chi connectivity index (χ1n) is 11.4. The van der Waals surface area contributed by atoms with Gasteiger partial charge in [0.1, 0.15) is 0 Å². The molecule has 0 atom stereocenters. The van der Waals surface area contributed by atoms with Crippen molar-refractivity contribution in [2.75, 3.05) is 46.9 Å². The van der Waals surface area contributed by atoms with Gasteiger partial charge in [-0.2, -0.15) is 17.5 Å². The van der Waals surface area contributed by atoms with Crippen molar-refractivity contribution in [3.8, 4) is 11.5 Å². The van der Waals surface area contributed by atoms with E-state index in [0.717, 1.165) is 45.2 Å². The molecule has 2 fully saturated rings. The highest BCUT2D eigenvalue weighted by molar-refractivity contribution is 7.89. The monoisotopic (exact) mass is 539 g/mol. The molecule has 1 aliphatic carbocycles. The number of hydrogen-bond donors (Lipinski definition) is 2. The number of carbonyl (C=O) groups excluding carboxylic acids is 1. The number of ether oxygens (including phenoxy) is 2. The number of nitrogens with one attached hydrogen (secondary N) is 1. The average molecular weight is 540 g/mol. The zero-order valence-corrected chi connectivity index (χ0v) is 21.0. The maximum atomic E-state index is 13.6. The molecule has 1 amide bonds. The van der Waals surface area contributed by atoms with E-state index in [1.54, 1.807) is 11.0 Å². The summed E-state index contributed by atoms with van der Waals surface area (Å²) in [5.41, 5.74) is 0. The minimum absolute atomic E-state index is 0.119. The summed E-state index contributed by atoms with van der Waals surface area (Å²) < 4.78 is 70.8. The summed E-state index contributed by atoms with van der Waals surface area (Å²) in [5, 5.41) is 10.3. The van der Waals surface area contributed by atoms with Gasteiger partial charge in [-0.25, -0.2) is 13.2 Å². The fraction of sp³-hybridized carbons (Fsp3) is 0.636. The van der Waals surface area contributed by atoms with E-state index in [4.69, 9.17) is 19.4 Å². The molecule has 1 aromatic carbocycles. The molecule has 2 aliphatic rings. The van der Waals surface area contributed by atoms with Gasteiger partial charge < -0.3 is 24.8 Å². The van der Waals surface area contributed by atoms with Crippen LogP contribution in [0, 0.1) is 0 Å². The first kappa shape index (κ1) is 29.6. The highest BCUT2D eigenvalue weighted by atomic mass is 32.2. The van der Waals surface area contributed by atoms with Crippen LogP contribution in [0.3, 0.4) is 0 Å². The Morgan fingerprint density at radius 1 is 1.08 bits per heavy atom. The van der Waals surface area contributed by atoms with E-state index in [2.05, 4.69) is 5.32 Å². The van der Waals surface area contributed by atoms with Crippen LogP contribution in [0.5, 0.6) is 11.5 Å². The van der Waals surface area contributed by atoms with Gasteiger partial charge in [0, 0.05) is 38.3 Å². The van der Waals surface area contributed by atoms with E-state index in [1.165, 1.54) is 30.7 Å². The summed E-state index contributed by atoms with van der Waals surface area (Å²) >= 11 is 0. The Morgan fingerprint density at radius 2 is 1.64 bits per heavy atom. The van der Waals surface area contributed by atoms with Crippen molar-refractivity contribution < 1.29 is 45.8 Å². The number of piperazine rings is 1. The number of nitrogens with zero attached hydrogens (tertiary/aromatic N) is 2. The maximum Gasteiger partial charge on any atom is 0.490 e. The maximum absolute atomic E-state index is 13.6. The topological polar surface area (TPSA) is 125 Å². The molecule has 14 heteroatoms. The molecule has 1 saturated heterocycles. The Hall–Kier alpha value is -2.58. The third-order valence-corrected chi connectivity index (χ3v) is 7.84. The summed E-state index contributed by atoms with van der Waals surface area (Å²) in [6, 6.07) is 4.41. The fourth-order valence-electron chi connectivity index (χ4n) is 4.04. The standard InChI is InChI=1S/C20H31N3O5S.C2HF3O2/c1-27-18-9-8-17(14-19(18)28-2)29(25,26)23(16-6-4-3-5-7-16)15-20(24)22-12-10-21-11-13-22;3-2(4,5)1(6)7/h8-9,14,16,21H,3-7,10-13,15H2,1-2H3;(H,6,7). The number of alkyl halides is 3. The molecule has 1 aliphatic heterocycles. The zero-order chi connectivity index (χ0) is 26.9. The van der Waals surface area contributed by atoms with Gasteiger partial charge in [0.2, 0.25) is 15.9 Å². The van der Waals surface area contributed by atoms with Gasteiger partial charge in [0.05, 0.1) is 25.7 Å². The molecular formula is C22H32F3N3O7S. The first-order valence-corrected chi connectivity index (χ1v) is 12.9. The highest BCUT2D eigenvalue weighted by Gasteiger charge is 2.38. The third-order valence-electron chi connectivity index (χ3n) is 5.95. The van der Waals surface area contributed by atoms with Crippen LogP contribution in [0.4, 0.5) is 13.2 Å². The second-order valence-electron chi connectivity index (χ2n) is 8.29. The fourth-order valence-corrected chi connectivity index (χ4v) is 5.69. The predicted molar refractivity (Wildman–Crippen MR) is 123 cm³/mol. The minimum Gasteiger partial charge on any atom is -0.493 e. The van der Waals surface area contributed by atoms with Gasteiger partial charge in [-0.15, -0.1) is 0 Å². The van der Waals surface area contributed by atoms with E-state index >= 15 is 0 Å². The Bertz CT molecular complexity index is 993. The number of methoxy groups -OCH3 is 2. The van der Waals surface area contributed by atoms with Gasteiger partial charge in [-0.05, 0) is 25.0 Å². The van der Waals surface area contributed by atoms with Gasteiger partial charge in [-0.1, -0.05) is 19.3 Å². The molecule has 0 radical (unpaired) electrons. The summed E-state index contributed by atoms with van der Waals surface area (Å²) in [6.45, 7) is 2.55. The zero-order valence-electron chi connectivity index (χ0n) is 20.2. The van der Waals surface area contributed by atoms with Crippen LogP contribution in [-0.4, -0.2) is 93.8 Å². The van der Waals surface area contributed by atoms with Crippen LogP contribution >= 0.6 is 0 Å². The lowest BCUT2D eigenvalue weighted by Crippen LogP contribution is -2.52. The molecule has 0 bridgehead atoms. The Kier molecular flexibility index (Phi) is 10.8. The number of carboxylic acid groups (broad SMARTS) is 1. The molecule has 36 heavy (non-hydrogen) atoms. The SMILES string of the molecule is COc1ccc(S(=O)(=O)N(CC(=O)N2CCNCC2)C2CCCCC2)cc1OC.O=C(O)C(F)(F)F. The first-order chi connectivity index (χ1) is 16.9. The molecule has 0 unspecified atom stereocenters. The van der Waals surface area contributed by atoms with E-state index in [0.29, 0.717) is 24.6 Å². The number of carboxylic acids is 1. The van der Waals surface area contributed by atoms with Crippen LogP contribution in [0.2, 0.25) is 0 Å². The summed E-state index contributed by atoms with van der Waals surface area (Å²) in [4.78, 5) is 23.7. The van der Waals surface area contributed by atoms with Crippen molar-refractivity contribution in [2.24, 2.45) is 0 Å². The van der Waals surface area contributed by atoms with Gasteiger partial charge in [0.15, 0.2) is 11.5 Å². The summed E-state index contributed by atoms with van der Waals surface area (Å²) in [6.07, 6.45) is -0.468. The number of halogens is 3. The third kappa shape index (κ3) is 7.96. The predicted octanol–water partition coefficient (Wildman–Crippen LogP) is 2.09. The summed E-state index contributed by atoms with van der Waals surface area (Å²) in [5.74, 6) is -2.08. The quantitative estimate of drug-likeness (QED) is 0.540. The Labute approximate surface area is 208 Å². The molecule has 0 aromatic heterocycles. The lowest BCUT2D eigenvalue weighted by atomic mass is 9.95. The van der Waals surface area contributed by atoms with Crippen molar-refractivity contribution in [3.63, 3.8) is 0 Å². The van der Waals surface area contributed by atoms with Crippen LogP contribution in [0.1, 0.15) is 32.1 Å². The van der Waals surface area contributed by atoms with E-state index < -0.39 is 22.2 Å². The van der Waals surface area contributed by atoms with Gasteiger partial charge in [0.25, 0.3) is 0 Å². The van der Waals surface area contributed by atoms with Crippen LogP contribution in [0.15, 0.2) is 23.1 Å². The van der Waals surface area contributed by atoms with Crippen molar-refractivity contribution in [1.82, 2.24) is 14.5 Å². The number of rotatable bonds is 7. The van der Waals surface area contributed by atoms with E-state index in [9.17, 15) is 26.4 Å². The molecule has 10 nitrogen and oxygen atoms in total. The van der Waals surface area contributed by atoms with Crippen molar-refractivity contribution in [2.45, 2.75) is 49.2 Å². The molecule has 1 aromatic rings. The average Bonchev–Trinajstić information content (AvgIpc) is 2.87. The lowest BCUT2D eigenvalue weighted by Gasteiger charge is -2.35. The van der Waals surface area contributed by atoms with Gasteiger partial charge >= 0.3 is 12.1 Å². The molecule has 1 heterocycles. The molecule has 0 spiro atoms. The summed E-state index contributed by atoms with van der Waals surface area (Å²) in [7, 11) is -0.878. The molecule has 2 N–H and O–H groups in total. The number of aliphatic carboxylic acids is 1. The van der Waals surface area contributed by atoms with Crippen LogP contribution in [-0.2, 0) is 19.6 Å². The van der Waals surface area contributed by atoms with Crippen LogP contribution < -0.4 is 14.8 Å². The number of amides is 1. The van der Waals surface area contributed by atoms with Crippen LogP contribution in [0.25, 0.3) is 0 Å². The van der Waals surface area contributed by atoms with E-state index in [-0.39, 0.29) is 23.4 Å². The Morgan fingerprint density at radius 3 is 2.14 bits per heavy atom. The molecule has 1 saturated carbocycles. The molecule has 204 valence electrons. The van der Waals surface area contributed by atoms with E-state index in [1.807, 2.05) is 0 Å². The molecule has 3 rings (SSSR count). The van der Waals surface area contributed by atoms with Crippen molar-refractivity contribution >= 4 is 21.9 Å². The highest BCUT2D eigenvalue weighted by Crippen LogP contribution is 2.33. The minimum atomic E-state index is -5.08. The van der Waals surface area contributed by atoms with Crippen molar-refractivity contribution in [1.29, 1.82) is 0 Å². The van der Waals surface area contributed by atoms with Crippen molar-refractivity contribution in [3.05, 3.63) is 18.2 Å². The number of benzene rings is 1. The second-order valence-corrected chi connectivity index (χ2v) is 10.2. The smallest absolute Gasteiger partial charge is 0.490 e. The second kappa shape index (κ2) is 13.1. The lowest BCUT2D eigenvalue weighted by molar-refractivity contribution is -0.192.